The van der Waals surface area contributed by atoms with Crippen LogP contribution in [0.1, 0.15) is 12.8 Å². The number of hydrogen-bond acceptors (Lipinski definition) is 7. The van der Waals surface area contributed by atoms with Gasteiger partial charge in [0.1, 0.15) is 11.9 Å². The first kappa shape index (κ1) is 13.4. The van der Waals surface area contributed by atoms with Crippen LogP contribution >= 0.6 is 11.8 Å². The normalized spacial score (nSPS) is 17.7. The SMILES string of the molecule is CSc1nc(NN)cc(OC2CCN(C)CC2)n1. The summed E-state index contributed by atoms with van der Waals surface area (Å²) in [6.07, 6.45) is 4.21. The summed E-state index contributed by atoms with van der Waals surface area (Å²) in [6, 6.07) is 1.73. The zero-order valence-electron chi connectivity index (χ0n) is 10.7. The van der Waals surface area contributed by atoms with Gasteiger partial charge in [-0.2, -0.15) is 4.98 Å². The Morgan fingerprint density at radius 1 is 1.44 bits per heavy atom. The fraction of sp³-hybridized carbons (Fsp3) is 0.636. The number of nitrogen functional groups attached to an aromatic ring is 1. The van der Waals surface area contributed by atoms with Crippen molar-refractivity contribution >= 4 is 17.6 Å². The Morgan fingerprint density at radius 2 is 2.17 bits per heavy atom. The molecule has 0 amide bonds. The van der Waals surface area contributed by atoms with Crippen molar-refractivity contribution in [3.05, 3.63) is 6.07 Å². The molecule has 1 aliphatic heterocycles. The van der Waals surface area contributed by atoms with E-state index in [1.807, 2.05) is 6.26 Å². The smallest absolute Gasteiger partial charge is 0.219 e. The van der Waals surface area contributed by atoms with E-state index in [1.165, 1.54) is 11.8 Å². The standard InChI is InChI=1S/C11H19N5OS/c1-16-5-3-8(4-6-16)17-10-7-9(15-12)13-11(14-10)18-2/h7-8H,3-6,12H2,1-2H3,(H,13,14,15). The highest BCUT2D eigenvalue weighted by atomic mass is 32.2. The Balaban J connectivity index is 2.03. The minimum atomic E-state index is 0.233. The van der Waals surface area contributed by atoms with Gasteiger partial charge in [0.15, 0.2) is 5.16 Å². The summed E-state index contributed by atoms with van der Waals surface area (Å²) in [6.45, 7) is 2.13. The van der Waals surface area contributed by atoms with E-state index in [-0.39, 0.29) is 6.10 Å². The maximum absolute atomic E-state index is 5.90. The molecular weight excluding hydrogens is 250 g/mol. The predicted molar refractivity (Wildman–Crippen MR) is 72.8 cm³/mol. The van der Waals surface area contributed by atoms with E-state index in [4.69, 9.17) is 10.6 Å². The third kappa shape index (κ3) is 3.47. The molecule has 0 aliphatic carbocycles. The first-order valence-corrected chi connectivity index (χ1v) is 7.18. The number of piperidine rings is 1. The molecule has 0 aromatic carbocycles. The van der Waals surface area contributed by atoms with Gasteiger partial charge in [-0.1, -0.05) is 11.8 Å². The van der Waals surface area contributed by atoms with E-state index in [2.05, 4.69) is 27.3 Å². The number of nitrogens with zero attached hydrogens (tertiary/aromatic N) is 3. The summed E-state index contributed by atoms with van der Waals surface area (Å²) >= 11 is 1.47. The molecule has 0 radical (unpaired) electrons. The van der Waals surface area contributed by atoms with Crippen molar-refractivity contribution in [3.8, 4) is 5.88 Å². The molecule has 1 saturated heterocycles. The van der Waals surface area contributed by atoms with Crippen molar-refractivity contribution in [1.29, 1.82) is 0 Å². The van der Waals surface area contributed by atoms with Crippen LogP contribution in [0, 0.1) is 0 Å². The summed E-state index contributed by atoms with van der Waals surface area (Å²) in [5, 5.41) is 0.661. The third-order valence-electron chi connectivity index (χ3n) is 2.97. The van der Waals surface area contributed by atoms with E-state index in [0.29, 0.717) is 16.9 Å². The van der Waals surface area contributed by atoms with Gasteiger partial charge in [-0.05, 0) is 26.1 Å². The van der Waals surface area contributed by atoms with Crippen molar-refractivity contribution in [2.45, 2.75) is 24.1 Å². The number of likely N-dealkylation sites (tertiary alicyclic amines) is 1. The first-order valence-electron chi connectivity index (χ1n) is 5.96. The van der Waals surface area contributed by atoms with Crippen molar-refractivity contribution in [1.82, 2.24) is 14.9 Å². The lowest BCUT2D eigenvalue weighted by molar-refractivity contribution is 0.109. The molecule has 2 heterocycles. The van der Waals surface area contributed by atoms with Gasteiger partial charge in [-0.25, -0.2) is 10.8 Å². The lowest BCUT2D eigenvalue weighted by atomic mass is 10.1. The number of hydrazine groups is 1. The first-order chi connectivity index (χ1) is 8.71. The highest BCUT2D eigenvalue weighted by Crippen LogP contribution is 2.21. The zero-order chi connectivity index (χ0) is 13.0. The highest BCUT2D eigenvalue weighted by molar-refractivity contribution is 7.98. The molecule has 1 aromatic heterocycles. The second-order valence-corrected chi connectivity index (χ2v) is 5.12. The molecule has 1 aliphatic rings. The maximum atomic E-state index is 5.90. The fourth-order valence-electron chi connectivity index (χ4n) is 1.90. The average molecular weight is 269 g/mol. The van der Waals surface area contributed by atoms with Gasteiger partial charge in [-0.3, -0.25) is 0 Å². The molecule has 1 fully saturated rings. The molecule has 100 valence electrons. The molecule has 0 atom stereocenters. The second-order valence-electron chi connectivity index (χ2n) is 4.34. The Kier molecular flexibility index (Phi) is 4.62. The predicted octanol–water partition coefficient (Wildman–Crippen LogP) is 0.957. The second kappa shape index (κ2) is 6.21. The molecule has 6 nitrogen and oxygen atoms in total. The number of nitrogens with one attached hydrogen (secondary N) is 1. The van der Waals surface area contributed by atoms with Gasteiger partial charge in [0.05, 0.1) is 0 Å². The quantitative estimate of drug-likeness (QED) is 0.365. The average Bonchev–Trinajstić information content (AvgIpc) is 2.41. The van der Waals surface area contributed by atoms with Crippen molar-refractivity contribution in [3.63, 3.8) is 0 Å². The highest BCUT2D eigenvalue weighted by Gasteiger charge is 2.19. The van der Waals surface area contributed by atoms with Crippen molar-refractivity contribution in [2.75, 3.05) is 31.8 Å². The van der Waals surface area contributed by atoms with Gasteiger partial charge < -0.3 is 15.1 Å². The van der Waals surface area contributed by atoms with Crippen molar-refractivity contribution < 1.29 is 4.74 Å². The summed E-state index contributed by atoms with van der Waals surface area (Å²) in [5.41, 5.74) is 2.53. The van der Waals surface area contributed by atoms with Crippen LogP contribution in [-0.4, -0.2) is 47.4 Å². The Morgan fingerprint density at radius 3 is 2.78 bits per heavy atom. The number of aromatic nitrogens is 2. The lowest BCUT2D eigenvalue weighted by Gasteiger charge is -2.29. The molecule has 0 unspecified atom stereocenters. The van der Waals surface area contributed by atoms with E-state index >= 15 is 0 Å². The van der Waals surface area contributed by atoms with Crippen LogP contribution in [0.3, 0.4) is 0 Å². The monoisotopic (exact) mass is 269 g/mol. The van der Waals surface area contributed by atoms with Crippen molar-refractivity contribution in [2.24, 2.45) is 5.84 Å². The Labute approximate surface area is 111 Å². The fourth-order valence-corrected chi connectivity index (χ4v) is 2.27. The molecule has 3 N–H and O–H groups in total. The number of nitrogens with two attached hydrogens (primary N) is 1. The van der Waals surface area contributed by atoms with E-state index in [1.54, 1.807) is 6.07 Å². The molecule has 0 bridgehead atoms. The summed E-state index contributed by atoms with van der Waals surface area (Å²) in [5.74, 6) is 6.56. The van der Waals surface area contributed by atoms with Crippen LogP contribution in [0.4, 0.5) is 5.82 Å². The third-order valence-corrected chi connectivity index (χ3v) is 3.51. The van der Waals surface area contributed by atoms with Gasteiger partial charge in [0.2, 0.25) is 5.88 Å². The lowest BCUT2D eigenvalue weighted by Crippen LogP contribution is -2.35. The molecule has 0 spiro atoms. The molecule has 0 saturated carbocycles. The number of thioether (sulfide) groups is 1. The van der Waals surface area contributed by atoms with Crippen LogP contribution in [0.2, 0.25) is 0 Å². The molecule has 1 aromatic rings. The summed E-state index contributed by atoms with van der Waals surface area (Å²) in [7, 11) is 2.13. The summed E-state index contributed by atoms with van der Waals surface area (Å²) in [4.78, 5) is 10.8. The van der Waals surface area contributed by atoms with Crippen LogP contribution < -0.4 is 16.0 Å². The number of anilines is 1. The molecular formula is C11H19N5OS. The van der Waals surface area contributed by atoms with Crippen LogP contribution in [0.5, 0.6) is 5.88 Å². The number of hydrogen-bond donors (Lipinski definition) is 2. The van der Waals surface area contributed by atoms with E-state index in [0.717, 1.165) is 25.9 Å². The molecule has 18 heavy (non-hydrogen) atoms. The number of ether oxygens (including phenoxy) is 1. The maximum Gasteiger partial charge on any atom is 0.219 e. The van der Waals surface area contributed by atoms with Gasteiger partial charge >= 0.3 is 0 Å². The Hall–Kier alpha value is -1.05. The summed E-state index contributed by atoms with van der Waals surface area (Å²) < 4.78 is 5.90. The van der Waals surface area contributed by atoms with Gasteiger partial charge in [0.25, 0.3) is 0 Å². The van der Waals surface area contributed by atoms with Gasteiger partial charge in [0, 0.05) is 19.2 Å². The van der Waals surface area contributed by atoms with E-state index < -0.39 is 0 Å². The minimum Gasteiger partial charge on any atom is -0.474 e. The van der Waals surface area contributed by atoms with E-state index in [9.17, 15) is 0 Å². The van der Waals surface area contributed by atoms with Crippen LogP contribution in [0.25, 0.3) is 0 Å². The van der Waals surface area contributed by atoms with Crippen LogP contribution in [-0.2, 0) is 0 Å². The molecule has 2 rings (SSSR count). The van der Waals surface area contributed by atoms with Gasteiger partial charge in [-0.15, -0.1) is 0 Å². The largest absolute Gasteiger partial charge is 0.474 e. The van der Waals surface area contributed by atoms with Crippen LogP contribution in [0.15, 0.2) is 11.2 Å². The zero-order valence-corrected chi connectivity index (χ0v) is 11.5. The topological polar surface area (TPSA) is 76.3 Å². The molecule has 7 heteroatoms. The number of rotatable bonds is 4. The Bertz CT molecular complexity index is 373. The minimum absolute atomic E-state index is 0.233.